The summed E-state index contributed by atoms with van der Waals surface area (Å²) in [6.07, 6.45) is 4.68. The van der Waals surface area contributed by atoms with Crippen molar-refractivity contribution in [2.24, 2.45) is 5.92 Å². The Hall–Kier alpha value is -2.47. The minimum Gasteiger partial charge on any atom is -0.491 e. The first-order valence-electron chi connectivity index (χ1n) is 9.21. The van der Waals surface area contributed by atoms with Crippen molar-refractivity contribution < 1.29 is 9.53 Å². The third-order valence-electron chi connectivity index (χ3n) is 5.06. The average Bonchev–Trinajstić information content (AvgIpc) is 3.40. The van der Waals surface area contributed by atoms with Crippen molar-refractivity contribution in [2.45, 2.75) is 39.2 Å². The Bertz CT molecular complexity index is 808. The summed E-state index contributed by atoms with van der Waals surface area (Å²) in [6, 6.07) is 6.22. The number of anilines is 1. The van der Waals surface area contributed by atoms with Crippen molar-refractivity contribution in [1.29, 1.82) is 0 Å². The van der Waals surface area contributed by atoms with E-state index in [0.717, 1.165) is 59.8 Å². The molecule has 2 fully saturated rings. The molecule has 0 spiro atoms. The van der Waals surface area contributed by atoms with Crippen LogP contribution in [-0.4, -0.2) is 35.1 Å². The molecule has 4 rings (SSSR count). The molecule has 1 saturated heterocycles. The van der Waals surface area contributed by atoms with Crippen molar-refractivity contribution in [3.63, 3.8) is 0 Å². The van der Waals surface area contributed by atoms with Gasteiger partial charge >= 0.3 is 0 Å². The van der Waals surface area contributed by atoms with Crippen LogP contribution in [0, 0.1) is 19.8 Å². The Morgan fingerprint density at radius 1 is 1.23 bits per heavy atom. The van der Waals surface area contributed by atoms with Crippen LogP contribution in [0.15, 0.2) is 24.5 Å². The number of ether oxygens (including phenoxy) is 1. The lowest BCUT2D eigenvalue weighted by molar-refractivity contribution is -0.117. The van der Waals surface area contributed by atoms with Crippen molar-refractivity contribution in [1.82, 2.24) is 15.3 Å². The van der Waals surface area contributed by atoms with Gasteiger partial charge in [0.1, 0.15) is 18.7 Å². The van der Waals surface area contributed by atoms with Crippen LogP contribution in [0.25, 0.3) is 11.1 Å². The molecule has 1 aromatic carbocycles. The Labute approximate surface area is 153 Å². The molecular weight excluding hydrogens is 328 g/mol. The quantitative estimate of drug-likeness (QED) is 0.836. The van der Waals surface area contributed by atoms with E-state index in [1.807, 2.05) is 32.0 Å². The molecule has 1 atom stereocenters. The van der Waals surface area contributed by atoms with Crippen LogP contribution in [0.4, 0.5) is 5.69 Å². The van der Waals surface area contributed by atoms with E-state index in [9.17, 15) is 4.79 Å². The van der Waals surface area contributed by atoms with Crippen LogP contribution in [0.2, 0.25) is 0 Å². The van der Waals surface area contributed by atoms with Crippen molar-refractivity contribution in [3.8, 4) is 16.9 Å². The van der Waals surface area contributed by atoms with Gasteiger partial charge in [0.05, 0.1) is 0 Å². The highest BCUT2D eigenvalue weighted by Crippen LogP contribution is 2.37. The number of nitrogens with zero attached hydrogens (tertiary/aromatic N) is 2. The lowest BCUT2D eigenvalue weighted by Crippen LogP contribution is -2.46. The van der Waals surface area contributed by atoms with Gasteiger partial charge in [0, 0.05) is 40.2 Å². The molecule has 0 bridgehead atoms. The monoisotopic (exact) mass is 352 g/mol. The molecule has 1 amide bonds. The number of nitrogens with one attached hydrogen (secondary N) is 2. The summed E-state index contributed by atoms with van der Waals surface area (Å²) in [7, 11) is 0. The van der Waals surface area contributed by atoms with Gasteiger partial charge in [0.25, 0.3) is 0 Å². The first-order chi connectivity index (χ1) is 12.6. The van der Waals surface area contributed by atoms with Crippen molar-refractivity contribution >= 4 is 11.6 Å². The van der Waals surface area contributed by atoms with E-state index >= 15 is 0 Å². The van der Waals surface area contributed by atoms with Gasteiger partial charge in [-0.05, 0) is 57.9 Å². The number of aryl methyl sites for hydroxylation is 2. The van der Waals surface area contributed by atoms with E-state index in [1.165, 1.54) is 0 Å². The number of hydrogen-bond acceptors (Lipinski definition) is 5. The summed E-state index contributed by atoms with van der Waals surface area (Å²) in [6.45, 7) is 5.62. The summed E-state index contributed by atoms with van der Waals surface area (Å²) in [5.41, 5.74) is 4.47. The van der Waals surface area contributed by atoms with Crippen LogP contribution < -0.4 is 15.4 Å². The smallest absolute Gasteiger partial charge is 0.227 e. The number of rotatable bonds is 6. The molecule has 1 aromatic heterocycles. The highest BCUT2D eigenvalue weighted by Gasteiger charge is 2.29. The largest absolute Gasteiger partial charge is 0.491 e. The van der Waals surface area contributed by atoms with Gasteiger partial charge in [-0.2, -0.15) is 0 Å². The lowest BCUT2D eigenvalue weighted by Gasteiger charge is -2.28. The van der Waals surface area contributed by atoms with Gasteiger partial charge in [0.2, 0.25) is 5.91 Å². The minimum absolute atomic E-state index is 0.0982. The lowest BCUT2D eigenvalue weighted by atomic mass is 10.0. The van der Waals surface area contributed by atoms with E-state index < -0.39 is 0 Å². The molecular formula is C20H24N4O2. The van der Waals surface area contributed by atoms with Crippen molar-refractivity contribution in [2.75, 3.05) is 18.5 Å². The van der Waals surface area contributed by atoms with E-state index in [0.29, 0.717) is 12.6 Å². The topological polar surface area (TPSA) is 76.1 Å². The first-order valence-corrected chi connectivity index (χ1v) is 9.21. The molecule has 6 heteroatoms. The van der Waals surface area contributed by atoms with Crippen LogP contribution in [0.1, 0.15) is 30.7 Å². The molecule has 2 aliphatic rings. The zero-order valence-corrected chi connectivity index (χ0v) is 15.2. The Morgan fingerprint density at radius 2 is 1.96 bits per heavy atom. The van der Waals surface area contributed by atoms with E-state index in [2.05, 4.69) is 20.6 Å². The SMILES string of the molecule is Cc1ncnc(C)c1-c1cc(NC(=O)C2CC2)ccc1OC[C@H]1CCN1. The summed E-state index contributed by atoms with van der Waals surface area (Å²) >= 11 is 0. The second-order valence-electron chi connectivity index (χ2n) is 7.14. The molecule has 26 heavy (non-hydrogen) atoms. The maximum Gasteiger partial charge on any atom is 0.227 e. The Morgan fingerprint density at radius 3 is 2.58 bits per heavy atom. The highest BCUT2D eigenvalue weighted by atomic mass is 16.5. The van der Waals surface area contributed by atoms with Crippen LogP contribution in [0.5, 0.6) is 5.75 Å². The molecule has 1 aliphatic heterocycles. The summed E-state index contributed by atoms with van der Waals surface area (Å²) in [5, 5.41) is 6.37. The van der Waals surface area contributed by atoms with Gasteiger partial charge in [-0.25, -0.2) is 9.97 Å². The van der Waals surface area contributed by atoms with E-state index in [4.69, 9.17) is 4.74 Å². The van der Waals surface area contributed by atoms with Crippen LogP contribution in [0.3, 0.4) is 0 Å². The second kappa shape index (κ2) is 7.03. The summed E-state index contributed by atoms with van der Waals surface area (Å²) < 4.78 is 6.09. The zero-order chi connectivity index (χ0) is 18.1. The molecule has 0 radical (unpaired) electrons. The number of carbonyl (C=O) groups excluding carboxylic acids is 1. The fraction of sp³-hybridized carbons (Fsp3) is 0.450. The van der Waals surface area contributed by atoms with Gasteiger partial charge in [-0.15, -0.1) is 0 Å². The van der Waals surface area contributed by atoms with Crippen LogP contribution >= 0.6 is 0 Å². The average molecular weight is 352 g/mol. The molecule has 136 valence electrons. The maximum absolute atomic E-state index is 12.1. The zero-order valence-electron chi connectivity index (χ0n) is 15.2. The molecule has 0 unspecified atom stereocenters. The fourth-order valence-electron chi connectivity index (χ4n) is 3.18. The Balaban J connectivity index is 1.66. The number of carbonyl (C=O) groups is 1. The molecule has 1 saturated carbocycles. The van der Waals surface area contributed by atoms with Crippen LogP contribution in [-0.2, 0) is 4.79 Å². The predicted octanol–water partition coefficient (Wildman–Crippen LogP) is 2.85. The second-order valence-corrected chi connectivity index (χ2v) is 7.14. The van der Waals surface area contributed by atoms with Gasteiger partial charge in [0.15, 0.2) is 0 Å². The van der Waals surface area contributed by atoms with Crippen molar-refractivity contribution in [3.05, 3.63) is 35.9 Å². The number of hydrogen-bond donors (Lipinski definition) is 2. The maximum atomic E-state index is 12.1. The fourth-order valence-corrected chi connectivity index (χ4v) is 3.18. The normalized spacial score (nSPS) is 18.9. The molecule has 6 nitrogen and oxygen atoms in total. The molecule has 1 aliphatic carbocycles. The Kier molecular flexibility index (Phi) is 4.59. The highest BCUT2D eigenvalue weighted by molar-refractivity contribution is 5.95. The van der Waals surface area contributed by atoms with Gasteiger partial charge < -0.3 is 15.4 Å². The van der Waals surface area contributed by atoms with Gasteiger partial charge in [-0.3, -0.25) is 4.79 Å². The summed E-state index contributed by atoms with van der Waals surface area (Å²) in [4.78, 5) is 20.8. The number of amides is 1. The number of aromatic nitrogens is 2. The third kappa shape index (κ3) is 3.55. The molecule has 2 N–H and O–H groups in total. The molecule has 2 aromatic rings. The standard InChI is InChI=1S/C20H24N4O2/c1-12-19(13(2)23-11-22-12)17-9-15(24-20(25)14-3-4-14)5-6-18(17)26-10-16-7-8-21-16/h5-6,9,11,14,16,21H,3-4,7-8,10H2,1-2H3,(H,24,25)/t16-/m1/s1. The first kappa shape index (κ1) is 17.0. The third-order valence-corrected chi connectivity index (χ3v) is 5.06. The summed E-state index contributed by atoms with van der Waals surface area (Å²) in [5.74, 6) is 1.06. The van der Waals surface area contributed by atoms with E-state index in [1.54, 1.807) is 6.33 Å². The predicted molar refractivity (Wildman–Crippen MR) is 100 cm³/mol. The molecule has 2 heterocycles. The van der Waals surface area contributed by atoms with Gasteiger partial charge in [-0.1, -0.05) is 0 Å². The number of benzene rings is 1. The van der Waals surface area contributed by atoms with E-state index in [-0.39, 0.29) is 11.8 Å². The minimum atomic E-state index is 0.0982.